The molecule has 0 amide bonds. The van der Waals surface area contributed by atoms with Gasteiger partial charge in [-0.2, -0.15) is 0 Å². The highest BCUT2D eigenvalue weighted by Crippen LogP contribution is 2.35. The fourth-order valence-corrected chi connectivity index (χ4v) is 6.20. The van der Waals surface area contributed by atoms with E-state index in [0.717, 1.165) is 15.6 Å². The van der Waals surface area contributed by atoms with Crippen molar-refractivity contribution in [3.8, 4) is 0 Å². The molecule has 6 nitrogen and oxygen atoms in total. The lowest BCUT2D eigenvalue weighted by atomic mass is 10.2. The molecule has 1 aromatic heterocycles. The molecule has 0 aliphatic heterocycles. The van der Waals surface area contributed by atoms with Gasteiger partial charge in [0.25, 0.3) is 10.0 Å². The average Bonchev–Trinajstić information content (AvgIpc) is 2.80. The smallest absolute Gasteiger partial charge is 0.264 e. The predicted molar refractivity (Wildman–Crippen MR) is 97.2 cm³/mol. The Morgan fingerprint density at radius 2 is 1.67 bits per heavy atom. The van der Waals surface area contributed by atoms with Crippen molar-refractivity contribution >= 4 is 60.3 Å². The van der Waals surface area contributed by atoms with Crippen LogP contribution in [0.2, 0.25) is 8.67 Å². The molecule has 0 aliphatic carbocycles. The van der Waals surface area contributed by atoms with Crippen LogP contribution in [0.15, 0.2) is 34.1 Å². The number of nitrogens with one attached hydrogen (secondary N) is 1. The summed E-state index contributed by atoms with van der Waals surface area (Å²) >= 11 is 12.6. The summed E-state index contributed by atoms with van der Waals surface area (Å²) in [4.78, 5) is -0.140. The van der Waals surface area contributed by atoms with E-state index >= 15 is 0 Å². The van der Waals surface area contributed by atoms with E-state index in [1.807, 2.05) is 0 Å². The number of benzene rings is 1. The molecule has 0 saturated heterocycles. The first-order valence-corrected chi connectivity index (χ1v) is 11.0. The van der Waals surface area contributed by atoms with Crippen molar-refractivity contribution in [2.75, 3.05) is 18.8 Å². The van der Waals surface area contributed by atoms with Gasteiger partial charge in [-0.05, 0) is 30.7 Å². The molecule has 2 rings (SSSR count). The molecule has 0 saturated carbocycles. The molecule has 1 N–H and O–H groups in total. The van der Waals surface area contributed by atoms with Crippen LogP contribution < -0.4 is 4.72 Å². The minimum atomic E-state index is -3.98. The molecule has 2 aromatic rings. The van der Waals surface area contributed by atoms with Gasteiger partial charge in [0, 0.05) is 14.1 Å². The van der Waals surface area contributed by atoms with Crippen LogP contribution in [-0.4, -0.2) is 35.2 Å². The Hall–Kier alpha value is -0.840. The van der Waals surface area contributed by atoms with Crippen LogP contribution in [0.5, 0.6) is 0 Å². The van der Waals surface area contributed by atoms with Crippen molar-refractivity contribution < 1.29 is 16.8 Å². The molecule has 0 fully saturated rings. The highest BCUT2D eigenvalue weighted by Gasteiger charge is 2.24. The van der Waals surface area contributed by atoms with E-state index in [1.54, 1.807) is 6.92 Å². The first kappa shape index (κ1) is 19.5. The minimum Gasteiger partial charge on any atom is -0.280 e. The normalized spacial score (nSPS) is 12.6. The largest absolute Gasteiger partial charge is 0.280 e. The number of aryl methyl sites for hydroxylation is 1. The van der Waals surface area contributed by atoms with Gasteiger partial charge in [0.15, 0.2) is 0 Å². The van der Waals surface area contributed by atoms with E-state index in [9.17, 15) is 16.8 Å². The second kappa shape index (κ2) is 6.81. The zero-order chi connectivity index (χ0) is 18.3. The summed E-state index contributed by atoms with van der Waals surface area (Å²) in [6.45, 7) is 1.63. The van der Waals surface area contributed by atoms with Crippen LogP contribution >= 0.6 is 34.5 Å². The first-order valence-electron chi connectivity index (χ1n) is 6.46. The number of nitrogens with zero attached hydrogens (tertiary/aromatic N) is 1. The molecular formula is C13H14Cl2N2O4S3. The van der Waals surface area contributed by atoms with E-state index in [1.165, 1.54) is 38.4 Å². The Morgan fingerprint density at radius 3 is 2.17 bits per heavy atom. The van der Waals surface area contributed by atoms with Crippen LogP contribution in [0.25, 0.3) is 0 Å². The van der Waals surface area contributed by atoms with Crippen LogP contribution in [0.4, 0.5) is 5.69 Å². The van der Waals surface area contributed by atoms with Crippen molar-refractivity contribution in [2.24, 2.45) is 0 Å². The van der Waals surface area contributed by atoms with E-state index in [0.29, 0.717) is 5.56 Å². The Balaban J connectivity index is 2.47. The van der Waals surface area contributed by atoms with Gasteiger partial charge >= 0.3 is 0 Å². The molecule has 1 aromatic carbocycles. The SMILES string of the molecule is Cc1ccc(NS(=O)(=O)c2cc(Cl)sc2Cl)cc1S(=O)(=O)N(C)C. The average molecular weight is 429 g/mol. The number of hydrogen-bond donors (Lipinski definition) is 1. The van der Waals surface area contributed by atoms with Crippen molar-refractivity contribution in [1.82, 2.24) is 4.31 Å². The van der Waals surface area contributed by atoms with Crippen LogP contribution in [-0.2, 0) is 20.0 Å². The summed E-state index contributed by atoms with van der Waals surface area (Å²) in [6.07, 6.45) is 0. The lowest BCUT2D eigenvalue weighted by molar-refractivity contribution is 0.520. The zero-order valence-corrected chi connectivity index (χ0v) is 16.8. The predicted octanol–water partition coefficient (Wildman–Crippen LogP) is 3.41. The number of thiophene rings is 1. The highest BCUT2D eigenvalue weighted by atomic mass is 35.5. The third kappa shape index (κ3) is 3.87. The molecule has 24 heavy (non-hydrogen) atoms. The standard InChI is InChI=1S/C13H14Cl2N2O4S3/c1-8-4-5-9(6-10(8)24(20,21)17(2)3)16-23(18,19)11-7-12(14)22-13(11)15/h4-7,16H,1-3H3. The topological polar surface area (TPSA) is 83.5 Å². The van der Waals surface area contributed by atoms with Gasteiger partial charge in [-0.1, -0.05) is 29.3 Å². The second-order valence-electron chi connectivity index (χ2n) is 5.06. The van der Waals surface area contributed by atoms with E-state index in [2.05, 4.69) is 4.72 Å². The zero-order valence-electron chi connectivity index (χ0n) is 12.9. The molecular weight excluding hydrogens is 415 g/mol. The maximum absolute atomic E-state index is 12.4. The summed E-state index contributed by atoms with van der Waals surface area (Å²) in [6, 6.07) is 5.51. The second-order valence-corrected chi connectivity index (χ2v) is 11.1. The van der Waals surface area contributed by atoms with Crippen molar-refractivity contribution in [3.05, 3.63) is 38.5 Å². The molecule has 11 heteroatoms. The number of sulfonamides is 2. The van der Waals surface area contributed by atoms with Gasteiger partial charge in [0.1, 0.15) is 9.23 Å². The third-order valence-corrected chi connectivity index (χ3v) is 8.21. The third-order valence-electron chi connectivity index (χ3n) is 3.11. The Labute approximate surface area is 155 Å². The molecule has 1 heterocycles. The van der Waals surface area contributed by atoms with Crippen LogP contribution in [0, 0.1) is 6.92 Å². The van der Waals surface area contributed by atoms with Gasteiger partial charge < -0.3 is 0 Å². The van der Waals surface area contributed by atoms with Gasteiger partial charge in [0.05, 0.1) is 14.9 Å². The monoisotopic (exact) mass is 428 g/mol. The molecule has 0 aliphatic rings. The summed E-state index contributed by atoms with van der Waals surface area (Å²) in [5, 5.41) is 0. The summed E-state index contributed by atoms with van der Waals surface area (Å²) in [5.74, 6) is 0. The number of anilines is 1. The summed E-state index contributed by atoms with van der Waals surface area (Å²) in [7, 11) is -4.88. The highest BCUT2D eigenvalue weighted by molar-refractivity contribution is 7.93. The molecule has 0 spiro atoms. The minimum absolute atomic E-state index is 0.0159. The molecule has 0 bridgehead atoms. The van der Waals surface area contributed by atoms with Gasteiger partial charge in [-0.3, -0.25) is 4.72 Å². The van der Waals surface area contributed by atoms with Gasteiger partial charge in [0.2, 0.25) is 10.0 Å². The van der Waals surface area contributed by atoms with Gasteiger partial charge in [-0.25, -0.2) is 21.1 Å². The first-order chi connectivity index (χ1) is 10.9. The fraction of sp³-hybridized carbons (Fsp3) is 0.231. The molecule has 132 valence electrons. The quantitative estimate of drug-likeness (QED) is 0.790. The van der Waals surface area contributed by atoms with Crippen molar-refractivity contribution in [1.29, 1.82) is 0 Å². The van der Waals surface area contributed by atoms with Crippen molar-refractivity contribution in [3.63, 3.8) is 0 Å². The van der Waals surface area contributed by atoms with Crippen LogP contribution in [0.3, 0.4) is 0 Å². The summed E-state index contributed by atoms with van der Waals surface area (Å²) in [5.41, 5.74) is 0.614. The molecule has 0 radical (unpaired) electrons. The van der Waals surface area contributed by atoms with Gasteiger partial charge in [-0.15, -0.1) is 11.3 Å². The number of rotatable bonds is 5. The Kier molecular flexibility index (Phi) is 5.53. The number of hydrogen-bond acceptors (Lipinski definition) is 5. The maximum atomic E-state index is 12.4. The Bertz CT molecular complexity index is 983. The fourth-order valence-electron chi connectivity index (χ4n) is 1.86. The lowest BCUT2D eigenvalue weighted by Crippen LogP contribution is -2.23. The maximum Gasteiger partial charge on any atom is 0.264 e. The van der Waals surface area contributed by atoms with E-state index < -0.39 is 20.0 Å². The van der Waals surface area contributed by atoms with Crippen molar-refractivity contribution in [2.45, 2.75) is 16.7 Å². The summed E-state index contributed by atoms with van der Waals surface area (Å²) < 4.78 is 53.1. The lowest BCUT2D eigenvalue weighted by Gasteiger charge is -2.15. The van der Waals surface area contributed by atoms with E-state index in [-0.39, 0.29) is 24.2 Å². The molecule has 0 unspecified atom stereocenters. The Morgan fingerprint density at radius 1 is 1.04 bits per heavy atom. The van der Waals surface area contributed by atoms with E-state index in [4.69, 9.17) is 23.2 Å². The molecule has 0 atom stereocenters. The van der Waals surface area contributed by atoms with Crippen LogP contribution in [0.1, 0.15) is 5.56 Å². The number of halogens is 2.